The molecule has 6 nitrogen and oxygen atoms in total. The third kappa shape index (κ3) is 51.6. The third-order valence-corrected chi connectivity index (χ3v) is 11.6. The maximum absolute atomic E-state index is 12.8. The molecule has 0 saturated heterocycles. The summed E-state index contributed by atoms with van der Waals surface area (Å²) >= 11 is 0. The van der Waals surface area contributed by atoms with E-state index < -0.39 is 6.10 Å². The Bertz CT molecular complexity index is 1290. The van der Waals surface area contributed by atoms with Gasteiger partial charge in [-0.15, -0.1) is 0 Å². The van der Waals surface area contributed by atoms with Crippen molar-refractivity contribution < 1.29 is 28.6 Å². The predicted molar refractivity (Wildman–Crippen MR) is 284 cm³/mol. The van der Waals surface area contributed by atoms with Gasteiger partial charge in [-0.2, -0.15) is 0 Å². The lowest BCUT2D eigenvalue weighted by molar-refractivity contribution is -0.166. The standard InChI is InChI=1S/C60H102O6/c1-4-7-10-13-16-19-22-25-27-29-31-32-35-38-41-44-47-50-53-59(62)65-56-57(55-64-58(61)52-49-46-43-40-37-34-24-21-18-15-12-9-6-3)66-60(63)54-51-48-45-42-39-36-33-30-28-26-23-20-17-14-11-8-5-2/h26-29,31-34,36-37,42-43,45-46,57H,4-25,30,35,38-41,44,47-56H2,1-3H3/b28-26-,29-27-,32-31-,36-33-,37-34-,45-42-,46-43-. The normalized spacial score (nSPS) is 12.7. The van der Waals surface area contributed by atoms with Gasteiger partial charge in [0.25, 0.3) is 0 Å². The van der Waals surface area contributed by atoms with Gasteiger partial charge < -0.3 is 14.2 Å². The second-order valence-corrected chi connectivity index (χ2v) is 18.2. The van der Waals surface area contributed by atoms with E-state index in [0.717, 1.165) is 70.6 Å². The Kier molecular flexibility index (Phi) is 51.4. The first-order chi connectivity index (χ1) is 32.5. The number of esters is 3. The minimum absolute atomic E-state index is 0.122. The molecule has 6 heteroatoms. The van der Waals surface area contributed by atoms with Crippen molar-refractivity contribution in [1.82, 2.24) is 0 Å². The Morgan fingerprint density at radius 3 is 1.08 bits per heavy atom. The largest absolute Gasteiger partial charge is 0.462 e. The molecule has 0 aliphatic carbocycles. The molecular formula is C60H102O6. The molecule has 0 rings (SSSR count). The number of allylic oxidation sites excluding steroid dienone is 14. The van der Waals surface area contributed by atoms with Crippen LogP contribution >= 0.6 is 0 Å². The maximum atomic E-state index is 12.8. The highest BCUT2D eigenvalue weighted by Gasteiger charge is 2.19. The van der Waals surface area contributed by atoms with E-state index >= 15 is 0 Å². The highest BCUT2D eigenvalue weighted by Crippen LogP contribution is 2.13. The number of rotatable bonds is 49. The second kappa shape index (κ2) is 54.2. The summed E-state index contributed by atoms with van der Waals surface area (Å²) in [6, 6.07) is 0. The zero-order chi connectivity index (χ0) is 47.9. The lowest BCUT2D eigenvalue weighted by atomic mass is 10.1. The van der Waals surface area contributed by atoms with E-state index in [0.29, 0.717) is 19.3 Å². The van der Waals surface area contributed by atoms with E-state index in [4.69, 9.17) is 14.2 Å². The molecule has 0 fully saturated rings. The van der Waals surface area contributed by atoms with Gasteiger partial charge in [0.05, 0.1) is 0 Å². The molecule has 0 aliphatic heterocycles. The van der Waals surface area contributed by atoms with Gasteiger partial charge >= 0.3 is 17.9 Å². The SMILES string of the molecule is CCCCCCCC/C=C\C/C=C\C/C=C\CCCC(=O)OC(COC(=O)CC/C=C\C/C=C\CCCCCCCC)COC(=O)CCCCCCC/C=C\C=C/CCCCCCCCC. The molecule has 0 N–H and O–H groups in total. The summed E-state index contributed by atoms with van der Waals surface area (Å²) in [6.45, 7) is 6.51. The van der Waals surface area contributed by atoms with E-state index in [9.17, 15) is 14.4 Å². The Morgan fingerprint density at radius 1 is 0.318 bits per heavy atom. The number of carbonyl (C=O) groups is 3. The molecule has 1 atom stereocenters. The first-order valence-corrected chi connectivity index (χ1v) is 27.6. The predicted octanol–water partition coefficient (Wildman–Crippen LogP) is 18.4. The molecule has 66 heavy (non-hydrogen) atoms. The van der Waals surface area contributed by atoms with Gasteiger partial charge in [-0.05, 0) is 96.3 Å². The molecule has 0 aromatic heterocycles. The summed E-state index contributed by atoms with van der Waals surface area (Å²) in [4.78, 5) is 38.0. The van der Waals surface area contributed by atoms with Crippen molar-refractivity contribution in [3.63, 3.8) is 0 Å². The summed E-state index contributed by atoms with van der Waals surface area (Å²) in [7, 11) is 0. The van der Waals surface area contributed by atoms with Crippen molar-refractivity contribution in [3.05, 3.63) is 85.1 Å². The van der Waals surface area contributed by atoms with E-state index in [1.807, 2.05) is 6.08 Å². The fourth-order valence-electron chi connectivity index (χ4n) is 7.44. The number of hydrogen-bond donors (Lipinski definition) is 0. The summed E-state index contributed by atoms with van der Waals surface area (Å²) in [5.41, 5.74) is 0. The highest BCUT2D eigenvalue weighted by atomic mass is 16.6. The Hall–Kier alpha value is -3.41. The Morgan fingerprint density at radius 2 is 0.636 bits per heavy atom. The molecule has 0 bridgehead atoms. The molecule has 0 aromatic rings. The van der Waals surface area contributed by atoms with E-state index in [2.05, 4.69) is 99.8 Å². The molecule has 0 heterocycles. The molecule has 0 radical (unpaired) electrons. The molecule has 0 saturated carbocycles. The van der Waals surface area contributed by atoms with Gasteiger partial charge in [-0.3, -0.25) is 14.4 Å². The zero-order valence-electron chi connectivity index (χ0n) is 43.2. The van der Waals surface area contributed by atoms with Crippen LogP contribution in [0.3, 0.4) is 0 Å². The van der Waals surface area contributed by atoms with Crippen LogP contribution < -0.4 is 0 Å². The van der Waals surface area contributed by atoms with Crippen molar-refractivity contribution in [2.24, 2.45) is 0 Å². The van der Waals surface area contributed by atoms with Crippen molar-refractivity contribution in [2.75, 3.05) is 13.2 Å². The summed E-state index contributed by atoms with van der Waals surface area (Å²) in [6.07, 6.45) is 70.2. The quantitative estimate of drug-likeness (QED) is 0.0199. The van der Waals surface area contributed by atoms with Gasteiger partial charge in [0.1, 0.15) is 13.2 Å². The lowest BCUT2D eigenvalue weighted by Gasteiger charge is -2.18. The zero-order valence-corrected chi connectivity index (χ0v) is 43.2. The first-order valence-electron chi connectivity index (χ1n) is 27.6. The van der Waals surface area contributed by atoms with Gasteiger partial charge in [0.2, 0.25) is 0 Å². The molecule has 0 amide bonds. The van der Waals surface area contributed by atoms with E-state index in [1.54, 1.807) is 0 Å². The highest BCUT2D eigenvalue weighted by molar-refractivity contribution is 5.71. The summed E-state index contributed by atoms with van der Waals surface area (Å²) in [5, 5.41) is 0. The van der Waals surface area contributed by atoms with Gasteiger partial charge in [0, 0.05) is 19.3 Å². The van der Waals surface area contributed by atoms with Gasteiger partial charge in [0.15, 0.2) is 6.10 Å². The summed E-state index contributed by atoms with van der Waals surface area (Å²) < 4.78 is 16.7. The molecule has 0 aliphatic rings. The van der Waals surface area contributed by atoms with Crippen LogP contribution in [0.1, 0.15) is 258 Å². The number of unbranched alkanes of at least 4 members (excludes halogenated alkanes) is 25. The van der Waals surface area contributed by atoms with Gasteiger partial charge in [-0.25, -0.2) is 0 Å². The lowest BCUT2D eigenvalue weighted by Crippen LogP contribution is -2.30. The van der Waals surface area contributed by atoms with Crippen molar-refractivity contribution in [2.45, 2.75) is 264 Å². The molecule has 0 aromatic carbocycles. The van der Waals surface area contributed by atoms with E-state index in [1.165, 1.54) is 135 Å². The van der Waals surface area contributed by atoms with Crippen LogP contribution in [0.15, 0.2) is 85.1 Å². The maximum Gasteiger partial charge on any atom is 0.306 e. The van der Waals surface area contributed by atoms with Crippen LogP contribution in [0, 0.1) is 0 Å². The average molecular weight is 919 g/mol. The number of carbonyl (C=O) groups excluding carboxylic acids is 3. The van der Waals surface area contributed by atoms with Gasteiger partial charge in [-0.1, -0.05) is 228 Å². The Balaban J connectivity index is 4.53. The van der Waals surface area contributed by atoms with E-state index in [-0.39, 0.29) is 44.0 Å². The molecule has 1 unspecified atom stereocenters. The molecule has 378 valence electrons. The fourth-order valence-corrected chi connectivity index (χ4v) is 7.44. The minimum Gasteiger partial charge on any atom is -0.462 e. The smallest absolute Gasteiger partial charge is 0.306 e. The monoisotopic (exact) mass is 919 g/mol. The van der Waals surface area contributed by atoms with Crippen molar-refractivity contribution >= 4 is 17.9 Å². The van der Waals surface area contributed by atoms with Crippen LogP contribution in [0.2, 0.25) is 0 Å². The van der Waals surface area contributed by atoms with Crippen LogP contribution in [0.4, 0.5) is 0 Å². The topological polar surface area (TPSA) is 78.9 Å². The molecular weight excluding hydrogens is 817 g/mol. The minimum atomic E-state index is -0.832. The third-order valence-electron chi connectivity index (χ3n) is 11.6. The average Bonchev–Trinajstić information content (AvgIpc) is 3.31. The van der Waals surface area contributed by atoms with Crippen LogP contribution in [-0.2, 0) is 28.6 Å². The number of hydrogen-bond acceptors (Lipinski definition) is 6. The fraction of sp³-hybridized carbons (Fsp3) is 0.717. The second-order valence-electron chi connectivity index (χ2n) is 18.2. The number of ether oxygens (including phenoxy) is 3. The first kappa shape index (κ1) is 62.6. The van der Waals surface area contributed by atoms with Crippen molar-refractivity contribution in [3.8, 4) is 0 Å². The van der Waals surface area contributed by atoms with Crippen molar-refractivity contribution in [1.29, 1.82) is 0 Å². The summed E-state index contributed by atoms with van der Waals surface area (Å²) in [5.74, 6) is -1.06. The van der Waals surface area contributed by atoms with Crippen LogP contribution in [-0.4, -0.2) is 37.2 Å². The Labute approximate surface area is 407 Å². The van der Waals surface area contributed by atoms with Crippen LogP contribution in [0.25, 0.3) is 0 Å². The van der Waals surface area contributed by atoms with Crippen LogP contribution in [0.5, 0.6) is 0 Å². The molecule has 0 spiro atoms.